The number of hydrogen-bond acceptors (Lipinski definition) is 10. The fourth-order valence-electron chi connectivity index (χ4n) is 13.0. The lowest BCUT2D eigenvalue weighted by Gasteiger charge is -2.21. The SMILES string of the molecule is CCCCC[C@H](CC(=O)CNC(=O)COc1cc(C(=O)N2C[C@@H](C(=O)N[C@H]3C[C@@H]3c3ccccc3)[C@H](C(=O)N[C@H]3C[C@@H]3c3ccccc3)C2)ccc1C(=O)N1C[C@@H](C(=O)N[C@H]2C[C@@H]2c2ccccc2)[C@H](C(=O)N[C@H]2C[C@@H]2c2ccccc2)C1)C(C)=O. The number of rotatable bonds is 26. The maximum atomic E-state index is 15.1. The summed E-state index contributed by atoms with van der Waals surface area (Å²) in [6.45, 7) is 2.12. The van der Waals surface area contributed by atoms with Gasteiger partial charge in [0.2, 0.25) is 23.6 Å². The van der Waals surface area contributed by atoms with Gasteiger partial charge in [0.1, 0.15) is 11.5 Å². The Bertz CT molecular complexity index is 3180. The van der Waals surface area contributed by atoms with Crippen molar-refractivity contribution in [3.8, 4) is 5.75 Å². The van der Waals surface area contributed by atoms with Crippen molar-refractivity contribution in [3.05, 3.63) is 173 Å². The van der Waals surface area contributed by atoms with Crippen molar-refractivity contribution in [2.45, 2.75) is 119 Å². The second-order valence-electron chi connectivity index (χ2n) is 24.6. The molecule has 7 amide bonds. The van der Waals surface area contributed by atoms with Crippen LogP contribution >= 0.6 is 0 Å². The monoisotopic (exact) mass is 1160 g/mol. The Labute approximate surface area is 502 Å². The molecule has 6 fully saturated rings. The zero-order valence-electron chi connectivity index (χ0n) is 48.9. The summed E-state index contributed by atoms with van der Waals surface area (Å²) in [4.78, 5) is 129. The first kappa shape index (κ1) is 59.3. The molecule has 11 rings (SSSR count). The van der Waals surface area contributed by atoms with E-state index in [1.165, 1.54) is 34.9 Å². The van der Waals surface area contributed by atoms with Crippen molar-refractivity contribution in [2.24, 2.45) is 29.6 Å². The Hall–Kier alpha value is -8.47. The second-order valence-corrected chi connectivity index (χ2v) is 24.6. The van der Waals surface area contributed by atoms with Crippen LogP contribution in [0.1, 0.15) is 138 Å². The molecule has 4 aliphatic carbocycles. The van der Waals surface area contributed by atoms with Gasteiger partial charge in [-0.25, -0.2) is 0 Å². The van der Waals surface area contributed by atoms with Crippen LogP contribution in [0.25, 0.3) is 0 Å². The van der Waals surface area contributed by atoms with Crippen molar-refractivity contribution in [1.82, 2.24) is 36.4 Å². The van der Waals surface area contributed by atoms with E-state index in [0.29, 0.717) is 6.42 Å². The van der Waals surface area contributed by atoms with Crippen LogP contribution in [-0.2, 0) is 33.6 Å². The number of carbonyl (C=O) groups excluding carboxylic acids is 9. The first-order valence-electron chi connectivity index (χ1n) is 30.8. The van der Waals surface area contributed by atoms with Crippen molar-refractivity contribution >= 4 is 52.9 Å². The van der Waals surface area contributed by atoms with Gasteiger partial charge in [-0.05, 0) is 79.5 Å². The lowest BCUT2D eigenvalue weighted by Crippen LogP contribution is -2.43. The predicted molar refractivity (Wildman–Crippen MR) is 322 cm³/mol. The van der Waals surface area contributed by atoms with Gasteiger partial charge in [-0.15, -0.1) is 0 Å². The zero-order valence-corrected chi connectivity index (χ0v) is 48.9. The molecule has 86 heavy (non-hydrogen) atoms. The number of hydrogen-bond donors (Lipinski definition) is 5. The van der Waals surface area contributed by atoms with E-state index < -0.39 is 53.9 Å². The van der Waals surface area contributed by atoms with E-state index in [9.17, 15) is 38.4 Å². The van der Waals surface area contributed by atoms with Gasteiger partial charge in [-0.1, -0.05) is 148 Å². The summed E-state index contributed by atoms with van der Waals surface area (Å²) in [7, 11) is 0. The molecule has 4 saturated carbocycles. The fourth-order valence-corrected chi connectivity index (χ4v) is 13.0. The smallest absolute Gasteiger partial charge is 0.258 e. The van der Waals surface area contributed by atoms with Gasteiger partial charge in [0.15, 0.2) is 12.4 Å². The quantitative estimate of drug-likeness (QED) is 0.0357. The zero-order chi connectivity index (χ0) is 60.0. The largest absolute Gasteiger partial charge is 0.483 e. The van der Waals surface area contributed by atoms with Gasteiger partial charge in [0.25, 0.3) is 17.7 Å². The van der Waals surface area contributed by atoms with Crippen LogP contribution in [0.4, 0.5) is 0 Å². The van der Waals surface area contributed by atoms with Gasteiger partial charge in [-0.2, -0.15) is 0 Å². The maximum Gasteiger partial charge on any atom is 0.258 e. The van der Waals surface area contributed by atoms with Crippen LogP contribution in [0.15, 0.2) is 140 Å². The van der Waals surface area contributed by atoms with E-state index in [2.05, 4.69) is 33.5 Å². The minimum atomic E-state index is -0.911. The molecule has 0 unspecified atom stereocenters. The van der Waals surface area contributed by atoms with E-state index in [1.807, 2.05) is 121 Å². The second kappa shape index (κ2) is 26.4. The lowest BCUT2D eigenvalue weighted by molar-refractivity contribution is -0.133. The number of amides is 7. The van der Waals surface area contributed by atoms with E-state index >= 15 is 4.79 Å². The number of nitrogens with one attached hydrogen (secondary N) is 5. The fraction of sp³-hybridized carbons (Fsp3) is 0.435. The first-order valence-corrected chi connectivity index (χ1v) is 30.8. The topological polar surface area (TPSA) is 229 Å². The molecule has 5 N–H and O–H groups in total. The number of benzene rings is 5. The maximum absolute atomic E-state index is 15.1. The number of Topliss-reactive ketones (excluding diaryl/α,β-unsaturated/α-hetero) is 2. The Balaban J connectivity index is 0.827. The molecule has 6 aliphatic rings. The lowest BCUT2D eigenvalue weighted by atomic mass is 9.92. The first-order chi connectivity index (χ1) is 41.7. The molecule has 448 valence electrons. The van der Waals surface area contributed by atoms with Crippen LogP contribution in [0.2, 0.25) is 0 Å². The highest BCUT2D eigenvalue weighted by atomic mass is 16.5. The van der Waals surface area contributed by atoms with Crippen molar-refractivity contribution < 1.29 is 47.9 Å². The molecular weight excluding hydrogens is 1090 g/mol. The van der Waals surface area contributed by atoms with Crippen molar-refractivity contribution in [3.63, 3.8) is 0 Å². The number of ketones is 2. The standard InChI is InChI=1S/C69H77N7O10/c1-3-4-9-26-46(41(2)77)29-48(78)35-70-63(79)40-86-62-30-47(68(84)75-36-54(64(80)71-58-31-50(58)42-18-10-5-11-19-42)55(37-75)65(81)72-59-32-51(59)43-20-12-6-13-21-43)27-28-49(62)69(85)76-38-56(66(82)73-60-33-52(60)44-22-14-7-15-23-44)57(39-76)67(83)74-61-34-53(61)45-24-16-8-17-25-45/h5-8,10-25,27-28,30,46,50-61H,3-4,9,26,29,31-40H2,1-2H3,(H,70,79)(H,71,80)(H,72,81)(H,73,82)(H,74,83)/t46-,50-,51-,52-,53-,54-,55-,56-,57-,58+,59+,60+,61+/m1/s1. The van der Waals surface area contributed by atoms with Crippen molar-refractivity contribution in [2.75, 3.05) is 39.3 Å². The van der Waals surface area contributed by atoms with E-state index in [0.717, 1.165) is 67.2 Å². The normalized spacial score (nSPS) is 26.1. The Morgan fingerprint density at radius 2 is 0.884 bits per heavy atom. The summed E-state index contributed by atoms with van der Waals surface area (Å²) in [5, 5.41) is 15.3. The van der Waals surface area contributed by atoms with Gasteiger partial charge in [0.05, 0.1) is 35.8 Å². The van der Waals surface area contributed by atoms with Crippen LogP contribution < -0.4 is 31.3 Å². The van der Waals surface area contributed by atoms with Gasteiger partial charge < -0.3 is 41.1 Å². The highest BCUT2D eigenvalue weighted by Gasteiger charge is 2.51. The highest BCUT2D eigenvalue weighted by Crippen LogP contribution is 2.45. The van der Waals surface area contributed by atoms with Crippen LogP contribution in [-0.4, -0.2) is 126 Å². The summed E-state index contributed by atoms with van der Waals surface area (Å²) >= 11 is 0. The van der Waals surface area contributed by atoms with Gasteiger partial charge >= 0.3 is 0 Å². The molecule has 17 nitrogen and oxygen atoms in total. The van der Waals surface area contributed by atoms with Crippen LogP contribution in [0.5, 0.6) is 5.75 Å². The Kier molecular flexibility index (Phi) is 18.2. The molecular formula is C69H77N7O10. The molecule has 0 aromatic heterocycles. The molecule has 2 aliphatic heterocycles. The summed E-state index contributed by atoms with van der Waals surface area (Å²) < 4.78 is 6.16. The molecule has 0 spiro atoms. The van der Waals surface area contributed by atoms with Crippen LogP contribution in [0, 0.1) is 29.6 Å². The molecule has 2 heterocycles. The molecule has 5 aromatic carbocycles. The number of unbranched alkanes of at least 4 members (excludes halogenated alkanes) is 2. The van der Waals surface area contributed by atoms with E-state index in [1.54, 1.807) is 0 Å². The van der Waals surface area contributed by atoms with E-state index in [-0.39, 0.29) is 139 Å². The molecule has 0 radical (unpaired) electrons. The minimum Gasteiger partial charge on any atom is -0.483 e. The number of nitrogens with zero attached hydrogens (tertiary/aromatic N) is 2. The Morgan fingerprint density at radius 3 is 1.26 bits per heavy atom. The molecule has 17 heteroatoms. The summed E-state index contributed by atoms with van der Waals surface area (Å²) in [6, 6.07) is 43.3. The third kappa shape index (κ3) is 14.3. The average molecular weight is 1160 g/mol. The molecule has 2 saturated heterocycles. The molecule has 0 bridgehead atoms. The average Bonchev–Trinajstić information content (AvgIpc) is 2.66. The number of likely N-dealkylation sites (tertiary alicyclic amines) is 2. The van der Waals surface area contributed by atoms with Crippen molar-refractivity contribution in [1.29, 1.82) is 0 Å². The summed E-state index contributed by atoms with van der Waals surface area (Å²) in [5.41, 5.74) is 4.41. The predicted octanol–water partition coefficient (Wildman–Crippen LogP) is 6.99. The third-order valence-corrected chi connectivity index (χ3v) is 18.5. The van der Waals surface area contributed by atoms with Crippen LogP contribution in [0.3, 0.4) is 0 Å². The van der Waals surface area contributed by atoms with Gasteiger partial charge in [0, 0.05) is 91.9 Å². The molecule has 5 aromatic rings. The minimum absolute atomic E-state index is 0.0233. The summed E-state index contributed by atoms with van der Waals surface area (Å²) in [5.74, 6) is -7.32. The number of ether oxygens (including phenoxy) is 1. The Morgan fingerprint density at radius 1 is 0.500 bits per heavy atom. The summed E-state index contributed by atoms with van der Waals surface area (Å²) in [6.07, 6.45) is 6.20. The highest BCUT2D eigenvalue weighted by molar-refractivity contribution is 6.02. The number of carbonyl (C=O) groups is 9. The third-order valence-electron chi connectivity index (χ3n) is 18.5. The molecule has 13 atom stereocenters. The van der Waals surface area contributed by atoms with Gasteiger partial charge in [-0.3, -0.25) is 43.2 Å². The van der Waals surface area contributed by atoms with E-state index in [4.69, 9.17) is 4.74 Å².